The lowest BCUT2D eigenvalue weighted by molar-refractivity contribution is -0.120. The van der Waals surface area contributed by atoms with Gasteiger partial charge < -0.3 is 15.1 Å². The Bertz CT molecular complexity index is 5720. The second-order valence-corrected chi connectivity index (χ2v) is 42.9. The third kappa shape index (κ3) is 17.6. The molecule has 0 spiro atoms. The molecule has 0 bridgehead atoms. The summed E-state index contributed by atoms with van der Waals surface area (Å²) in [5.41, 5.74) is 9.75. The molecule has 22 nitrogen and oxygen atoms in total. The molecule has 21 rings (SSSR count). The van der Waals surface area contributed by atoms with E-state index in [9.17, 15) is 30.0 Å². The molecule has 636 valence electrons. The van der Waals surface area contributed by atoms with E-state index in [1.165, 1.54) is 139 Å². The Hall–Kier alpha value is -8.10. The zero-order chi connectivity index (χ0) is 82.9. The minimum Gasteiger partial charge on any atom is -0.317 e. The monoisotopic (exact) mass is 1740 g/mol. The molecule has 3 aliphatic carbocycles. The van der Waals surface area contributed by atoms with E-state index in [0.29, 0.717) is 77.6 Å². The van der Waals surface area contributed by atoms with Crippen LogP contribution in [0.5, 0.6) is 0 Å². The fourth-order valence-electron chi connectivity index (χ4n) is 20.3. The average Bonchev–Trinajstić information content (AvgIpc) is 1.60. The van der Waals surface area contributed by atoms with Gasteiger partial charge in [-0.1, -0.05) is 54.6 Å². The molecule has 3 aromatic carbocycles. The molecule has 12 aromatic rings. The quantitative estimate of drug-likeness (QED) is 0.0891. The summed E-state index contributed by atoms with van der Waals surface area (Å²) in [5.74, 6) is 1.47. The number of benzene rings is 3. The first-order valence-corrected chi connectivity index (χ1v) is 51.0. The summed E-state index contributed by atoms with van der Waals surface area (Å²) in [7, 11) is -5.01. The Kier molecular flexibility index (Phi) is 25.3. The molecule has 3 saturated carbocycles. The summed E-state index contributed by atoms with van der Waals surface area (Å²) in [4.78, 5) is 54.4. The van der Waals surface area contributed by atoms with E-state index in [2.05, 4.69) is 84.9 Å². The molecule has 6 aliphatic heterocycles. The maximum atomic E-state index is 13.8. The lowest BCUT2D eigenvalue weighted by Gasteiger charge is -2.34. The molecule has 9 aromatic heterocycles. The fourth-order valence-corrected chi connectivity index (χ4v) is 27.3. The summed E-state index contributed by atoms with van der Waals surface area (Å²) in [6.07, 6.45) is 38.0. The molecular weight excluding hydrogens is 1630 g/mol. The fraction of sp³-hybridized carbons (Fsp3) is 0.473. The van der Waals surface area contributed by atoms with Crippen LogP contribution in [0, 0.1) is 0 Å². The lowest BCUT2D eigenvalue weighted by Crippen LogP contribution is -2.35. The maximum Gasteiger partial charge on any atom is 0.269 e. The maximum absolute atomic E-state index is 13.8. The summed E-state index contributed by atoms with van der Waals surface area (Å²) in [6.45, 7) is 10.7. The van der Waals surface area contributed by atoms with Gasteiger partial charge in [-0.15, -0.1) is 34.0 Å². The third-order valence-electron chi connectivity index (χ3n) is 27.2. The van der Waals surface area contributed by atoms with Gasteiger partial charge in [-0.25, -0.2) is 67.1 Å². The number of hydrogen-bond donors (Lipinski definition) is 1. The van der Waals surface area contributed by atoms with E-state index in [1.54, 1.807) is 138 Å². The highest BCUT2D eigenvalue weighted by Crippen LogP contribution is 2.46. The van der Waals surface area contributed by atoms with Crippen LogP contribution in [0.1, 0.15) is 222 Å². The first-order chi connectivity index (χ1) is 58.9. The second-order valence-electron chi connectivity index (χ2n) is 34.8. The number of ketones is 1. The van der Waals surface area contributed by atoms with Gasteiger partial charge in [0, 0.05) is 111 Å². The third-order valence-corrected chi connectivity index (χ3v) is 35.1. The van der Waals surface area contributed by atoms with Gasteiger partial charge in [-0.3, -0.25) is 19.5 Å². The number of thiazole rings is 3. The van der Waals surface area contributed by atoms with Crippen LogP contribution in [0.15, 0.2) is 177 Å². The zero-order valence-corrected chi connectivity index (χ0v) is 74.5. The van der Waals surface area contributed by atoms with E-state index in [4.69, 9.17) is 24.9 Å². The van der Waals surface area contributed by atoms with Crippen molar-refractivity contribution in [2.45, 2.75) is 217 Å². The Morgan fingerprint density at radius 2 is 0.669 bits per heavy atom. The lowest BCUT2D eigenvalue weighted by atomic mass is 9.81. The topological polar surface area (TPSA) is 240 Å². The van der Waals surface area contributed by atoms with Crippen LogP contribution in [0.4, 0.5) is 0 Å². The number of carbonyl (C=O) groups excluding carboxylic acids is 1. The number of rotatable bonds is 17. The normalized spacial score (nSPS) is 23.3. The number of likely N-dealkylation sites (tertiary alicyclic amines) is 5. The van der Waals surface area contributed by atoms with Crippen LogP contribution in [0.3, 0.4) is 0 Å². The van der Waals surface area contributed by atoms with Crippen LogP contribution in [-0.2, 0) is 34.9 Å². The van der Waals surface area contributed by atoms with E-state index >= 15 is 0 Å². The van der Waals surface area contributed by atoms with Gasteiger partial charge in [-0.05, 0) is 310 Å². The van der Waals surface area contributed by atoms with Crippen LogP contribution >= 0.6 is 34.0 Å². The van der Waals surface area contributed by atoms with Crippen molar-refractivity contribution in [1.82, 2.24) is 71.6 Å². The zero-order valence-electron chi connectivity index (χ0n) is 69.6. The Morgan fingerprint density at radius 1 is 0.364 bits per heavy atom. The van der Waals surface area contributed by atoms with Crippen LogP contribution in [0.25, 0.3) is 66.9 Å². The Morgan fingerprint density at radius 3 is 0.950 bits per heavy atom. The molecule has 15 heterocycles. The summed E-state index contributed by atoms with van der Waals surface area (Å²) >= 11 is 4.98. The molecule has 121 heavy (non-hydrogen) atoms. The SMILES string of the molecule is C1CCNC1.CN1CCCC1c1nc(-c2cn(S(=O)(=O)c3ccccc3)c3ncc(C4CCC(=O)CC4)cc23)cs1.CN1CCCC1c1nc(-c2cn(S(=O)(=O)c3ccccc3)c3ncc(C4CCC(N5CCCC5)CC4)cc23)cs1.CN1CCCC1c1nc(-c2cn(S(=O)(=O)c3ccccc3)c3ncc(C4CCC(N5CCCC5)CC4)cc23)cs1. The minimum absolute atomic E-state index is 0.219. The summed E-state index contributed by atoms with van der Waals surface area (Å²) in [6, 6.07) is 34.6. The number of aromatic nitrogens is 9. The predicted molar refractivity (Wildman–Crippen MR) is 483 cm³/mol. The summed E-state index contributed by atoms with van der Waals surface area (Å²) in [5, 5.41) is 15.2. The molecule has 9 aliphatic rings. The predicted octanol–water partition coefficient (Wildman–Crippen LogP) is 18.3. The number of fused-ring (bicyclic) bond motifs is 3. The van der Waals surface area contributed by atoms with Gasteiger partial charge in [-0.2, -0.15) is 0 Å². The first-order valence-electron chi connectivity index (χ1n) is 44.0. The van der Waals surface area contributed by atoms with Crippen LogP contribution in [-0.4, -0.2) is 189 Å². The number of Topliss-reactive ketones (excluding diaryl/α,β-unsaturated/α-hetero) is 1. The highest BCUT2D eigenvalue weighted by atomic mass is 32.2. The van der Waals surface area contributed by atoms with Gasteiger partial charge in [0.15, 0.2) is 16.9 Å². The molecule has 28 heteroatoms. The largest absolute Gasteiger partial charge is 0.317 e. The van der Waals surface area contributed by atoms with E-state index in [-0.39, 0.29) is 20.6 Å². The number of nitrogens with zero attached hydrogens (tertiary/aromatic N) is 14. The number of carbonyl (C=O) groups is 1. The number of nitrogens with one attached hydrogen (secondary N) is 1. The van der Waals surface area contributed by atoms with E-state index < -0.39 is 30.1 Å². The molecule has 6 saturated heterocycles. The minimum atomic E-state index is -3.84. The highest BCUT2D eigenvalue weighted by Gasteiger charge is 2.37. The van der Waals surface area contributed by atoms with Crippen molar-refractivity contribution < 1.29 is 30.0 Å². The first kappa shape index (κ1) is 83.8. The van der Waals surface area contributed by atoms with Gasteiger partial charge in [0.25, 0.3) is 30.1 Å². The van der Waals surface area contributed by atoms with Crippen molar-refractivity contribution >= 4 is 103 Å². The molecule has 0 radical (unpaired) electrons. The van der Waals surface area contributed by atoms with Crippen LogP contribution in [0.2, 0.25) is 0 Å². The van der Waals surface area contributed by atoms with E-state index in [1.807, 2.05) is 29.9 Å². The molecule has 3 atom stereocenters. The standard InChI is InChI=1S/2C31H37N5O2S2.C27H28N4O3S2.C4H9N/c2*1-34-15-7-10-29(34)31-33-28(21-39-31)27-20-36(40(37,38)25-8-3-2-4-9-25)30-26(27)18-23(19-32-30)22-11-13-24(14-12-22)35-16-5-6-17-35;1-30-13-5-8-25(30)27-29-24(17-35-27)23-16-31(36(33,34)21-6-3-2-4-7-21)26-22(23)14-19(15-28-26)18-9-11-20(32)12-10-18;1-2-4-5-3-1/h2*2-4,8-9,18-22,24,29H,5-7,10-17H2,1H3;2-4,6-7,14-18,25H,5,8-13H2,1H3;5H,1-4H2. The number of hydrogen-bond acceptors (Lipinski definition) is 22. The highest BCUT2D eigenvalue weighted by molar-refractivity contribution is 7.90. The molecular formula is C93H111N15O7S6. The van der Waals surface area contributed by atoms with Crippen molar-refractivity contribution in [2.75, 3.05) is 80.0 Å². The van der Waals surface area contributed by atoms with E-state index in [0.717, 1.165) is 154 Å². The van der Waals surface area contributed by atoms with Gasteiger partial charge in [0.2, 0.25) is 0 Å². The summed E-state index contributed by atoms with van der Waals surface area (Å²) < 4.78 is 86.5. The van der Waals surface area contributed by atoms with Crippen molar-refractivity contribution in [1.29, 1.82) is 0 Å². The average molecular weight is 1740 g/mol. The molecule has 0 amide bonds. The number of pyridine rings is 3. The smallest absolute Gasteiger partial charge is 0.269 e. The Balaban J connectivity index is 0.000000121. The molecule has 9 fully saturated rings. The molecule has 1 N–H and O–H groups in total. The van der Waals surface area contributed by atoms with Gasteiger partial charge in [0.05, 0.1) is 49.9 Å². The second kappa shape index (κ2) is 36.6. The molecule has 3 unspecified atom stereocenters. The van der Waals surface area contributed by atoms with Crippen molar-refractivity contribution in [3.05, 3.63) is 194 Å². The van der Waals surface area contributed by atoms with Gasteiger partial charge >= 0.3 is 0 Å². The Labute approximate surface area is 724 Å². The van der Waals surface area contributed by atoms with Crippen molar-refractivity contribution in [2.24, 2.45) is 0 Å². The van der Waals surface area contributed by atoms with Crippen molar-refractivity contribution in [3.63, 3.8) is 0 Å². The van der Waals surface area contributed by atoms with Crippen molar-refractivity contribution in [3.8, 4) is 33.8 Å². The van der Waals surface area contributed by atoms with Crippen LogP contribution < -0.4 is 5.32 Å². The van der Waals surface area contributed by atoms with Gasteiger partial charge in [0.1, 0.15) is 20.8 Å².